The number of hydrogen-bond donors (Lipinski definition) is 1. The number of fused-ring (bicyclic) bond motifs is 6. The first kappa shape index (κ1) is 25.8. The van der Waals surface area contributed by atoms with Gasteiger partial charge in [-0.25, -0.2) is 4.99 Å². The summed E-state index contributed by atoms with van der Waals surface area (Å²) in [6.07, 6.45) is 3.33. The third-order valence-corrected chi connectivity index (χ3v) is 9.16. The number of aliphatic imine (C=N–C) groups is 1. The fraction of sp³-hybridized carbons (Fsp3) is 0.229. The molecular weight excluding hydrogens is 513 g/mol. The number of nitrogens with zero attached hydrogens (tertiary/aromatic N) is 2. The van der Waals surface area contributed by atoms with Crippen LogP contribution in [0.15, 0.2) is 82.5 Å². The molecule has 0 unspecified atom stereocenters. The zero-order valence-electron chi connectivity index (χ0n) is 23.8. The predicted molar refractivity (Wildman–Crippen MR) is 163 cm³/mol. The van der Waals surface area contributed by atoms with Crippen LogP contribution in [-0.2, 0) is 19.3 Å². The summed E-state index contributed by atoms with van der Waals surface area (Å²) < 4.78 is 32.0. The minimum atomic E-state index is -2.74. The van der Waals surface area contributed by atoms with E-state index in [9.17, 15) is 5.11 Å². The van der Waals surface area contributed by atoms with E-state index >= 15 is 8.63 Å². The molecule has 0 bridgehead atoms. The van der Waals surface area contributed by atoms with Crippen molar-refractivity contribution in [3.63, 3.8) is 0 Å². The summed E-state index contributed by atoms with van der Waals surface area (Å²) in [7, 11) is -2.74. The van der Waals surface area contributed by atoms with Crippen molar-refractivity contribution >= 4 is 18.7 Å². The van der Waals surface area contributed by atoms with E-state index in [1.54, 1.807) is 12.1 Å². The second-order valence-corrected chi connectivity index (χ2v) is 11.5. The van der Waals surface area contributed by atoms with Crippen LogP contribution in [0.1, 0.15) is 63.5 Å². The second-order valence-electron chi connectivity index (χ2n) is 11.5. The Balaban J connectivity index is 1.62. The molecule has 2 aliphatic carbocycles. The van der Waals surface area contributed by atoms with Crippen LogP contribution in [0.25, 0.3) is 16.8 Å². The molecule has 1 aliphatic heterocycles. The molecule has 3 aromatic carbocycles. The highest BCUT2D eigenvalue weighted by Gasteiger charge is 2.37. The van der Waals surface area contributed by atoms with Crippen molar-refractivity contribution in [1.29, 1.82) is 0 Å². The van der Waals surface area contributed by atoms with Crippen molar-refractivity contribution in [3.8, 4) is 17.0 Å². The summed E-state index contributed by atoms with van der Waals surface area (Å²) in [6, 6.07) is 19.7. The van der Waals surface area contributed by atoms with E-state index in [0.717, 1.165) is 80.8 Å². The molecule has 7 rings (SSSR count). The molecule has 0 fully saturated rings. The van der Waals surface area contributed by atoms with Gasteiger partial charge >= 0.3 is 7.40 Å². The van der Waals surface area contributed by atoms with Gasteiger partial charge < -0.3 is 9.58 Å². The highest BCUT2D eigenvalue weighted by molar-refractivity contribution is 6.42. The highest BCUT2D eigenvalue weighted by atomic mass is 19.2. The molecule has 0 atom stereocenters. The lowest BCUT2D eigenvalue weighted by atomic mass is 9.84. The molecular formula is C35H31BF2N2O. The first-order chi connectivity index (χ1) is 19.8. The van der Waals surface area contributed by atoms with Gasteiger partial charge in [-0.05, 0) is 116 Å². The fourth-order valence-corrected chi connectivity index (χ4v) is 7.36. The molecule has 0 spiro atoms. The summed E-state index contributed by atoms with van der Waals surface area (Å²) in [5.41, 5.74) is 14.5. The Hall–Kier alpha value is -4.19. The van der Waals surface area contributed by atoms with Gasteiger partial charge in [-0.2, -0.15) is 0 Å². The molecule has 3 aliphatic rings. The second kappa shape index (κ2) is 9.44. The SMILES string of the molecule is CC1=C2CCc3ccccc3C2=N/C1=C(/c1c(C)cc(O)cc1C)c1c(C)c2c(n1B(F)F)-c1ccccc1CC2. The van der Waals surface area contributed by atoms with E-state index in [2.05, 4.69) is 25.1 Å². The Bertz CT molecular complexity index is 1850. The molecule has 0 saturated heterocycles. The number of halogens is 2. The Labute approximate surface area is 239 Å². The maximum Gasteiger partial charge on any atom is 0.678 e. The van der Waals surface area contributed by atoms with Crippen LogP contribution < -0.4 is 0 Å². The number of rotatable bonds is 3. The smallest absolute Gasteiger partial charge is 0.508 e. The van der Waals surface area contributed by atoms with Crippen LogP contribution in [0.5, 0.6) is 5.75 Å². The van der Waals surface area contributed by atoms with E-state index in [1.807, 2.05) is 51.1 Å². The van der Waals surface area contributed by atoms with Crippen molar-refractivity contribution in [3.05, 3.63) is 128 Å². The van der Waals surface area contributed by atoms with Crippen LogP contribution in [-0.4, -0.2) is 22.7 Å². The number of aromatic hydroxyl groups is 1. The van der Waals surface area contributed by atoms with Gasteiger partial charge in [-0.3, -0.25) is 8.63 Å². The van der Waals surface area contributed by atoms with Crippen molar-refractivity contribution in [1.82, 2.24) is 4.48 Å². The molecule has 0 radical (unpaired) electrons. The van der Waals surface area contributed by atoms with Gasteiger partial charge in [-0.1, -0.05) is 48.5 Å². The van der Waals surface area contributed by atoms with E-state index in [1.165, 1.54) is 15.6 Å². The minimum Gasteiger partial charge on any atom is -0.508 e. The largest absolute Gasteiger partial charge is 0.678 e. The van der Waals surface area contributed by atoms with Crippen LogP contribution >= 0.6 is 0 Å². The molecule has 3 nitrogen and oxygen atoms in total. The summed E-state index contributed by atoms with van der Waals surface area (Å²) in [5.74, 6) is 0.165. The van der Waals surface area contributed by atoms with Gasteiger partial charge in [0.2, 0.25) is 0 Å². The topological polar surface area (TPSA) is 37.5 Å². The number of hydrogen-bond acceptors (Lipinski definition) is 2. The van der Waals surface area contributed by atoms with Crippen LogP contribution in [0, 0.1) is 20.8 Å². The lowest BCUT2D eigenvalue weighted by Crippen LogP contribution is -2.20. The minimum absolute atomic E-state index is 0.165. The monoisotopic (exact) mass is 544 g/mol. The van der Waals surface area contributed by atoms with Crippen molar-refractivity contribution in [2.75, 3.05) is 0 Å². The lowest BCUT2D eigenvalue weighted by molar-refractivity contribution is 0.474. The quantitative estimate of drug-likeness (QED) is 0.260. The molecule has 1 N–H and O–H groups in total. The van der Waals surface area contributed by atoms with Crippen LogP contribution in [0.2, 0.25) is 0 Å². The Morgan fingerprint density at radius 2 is 1.44 bits per heavy atom. The summed E-state index contributed by atoms with van der Waals surface area (Å²) >= 11 is 0. The zero-order chi connectivity index (χ0) is 28.6. The fourth-order valence-electron chi connectivity index (χ4n) is 7.36. The Morgan fingerprint density at radius 1 is 0.829 bits per heavy atom. The molecule has 2 heterocycles. The van der Waals surface area contributed by atoms with Gasteiger partial charge in [0.1, 0.15) is 5.75 Å². The van der Waals surface area contributed by atoms with E-state index in [-0.39, 0.29) is 5.75 Å². The third kappa shape index (κ3) is 3.80. The standard InChI is InChI=1S/C35H31BF2N2O/c1-19-17-25(41)18-20(2)30(19)31(32-21(3)26-15-13-23-9-5-7-11-28(23)33(26)39-32)34-22(4)27-16-14-24-10-6-8-12-29(24)35(27)40(34)36(37)38/h5-12,17-18,41H,13-16H2,1-4H3/b32-31-. The van der Waals surface area contributed by atoms with Gasteiger partial charge in [0.05, 0.1) is 11.4 Å². The number of aromatic nitrogens is 1. The van der Waals surface area contributed by atoms with Crippen molar-refractivity contribution in [2.24, 2.45) is 4.99 Å². The van der Waals surface area contributed by atoms with Gasteiger partial charge in [0.25, 0.3) is 0 Å². The predicted octanol–water partition coefficient (Wildman–Crippen LogP) is 8.18. The maximum atomic E-state index is 15.4. The zero-order valence-corrected chi connectivity index (χ0v) is 23.8. The van der Waals surface area contributed by atoms with Crippen LogP contribution in [0.3, 0.4) is 0 Å². The van der Waals surface area contributed by atoms with E-state index in [0.29, 0.717) is 23.4 Å². The maximum absolute atomic E-state index is 15.4. The molecule has 1 aromatic heterocycles. The van der Waals surface area contributed by atoms with Gasteiger partial charge in [0, 0.05) is 28.1 Å². The molecule has 41 heavy (non-hydrogen) atoms. The normalized spacial score (nSPS) is 16.6. The number of allylic oxidation sites excluding steroid dienone is 2. The first-order valence-corrected chi connectivity index (χ1v) is 14.3. The summed E-state index contributed by atoms with van der Waals surface area (Å²) in [4.78, 5) is 5.28. The van der Waals surface area contributed by atoms with E-state index in [4.69, 9.17) is 4.99 Å². The summed E-state index contributed by atoms with van der Waals surface area (Å²) in [5, 5.41) is 10.4. The third-order valence-electron chi connectivity index (χ3n) is 9.16. The average molecular weight is 544 g/mol. The Kier molecular flexibility index (Phi) is 5.93. The summed E-state index contributed by atoms with van der Waals surface area (Å²) in [6.45, 7) is 7.95. The molecule has 204 valence electrons. The number of aryl methyl sites for hydroxylation is 4. The number of phenolic OH excluding ortho intramolecular Hbond substituents is 1. The molecule has 0 saturated carbocycles. The molecule has 6 heteroatoms. The Morgan fingerprint density at radius 3 is 2.12 bits per heavy atom. The number of phenols is 1. The molecule has 0 amide bonds. The first-order valence-electron chi connectivity index (χ1n) is 14.3. The van der Waals surface area contributed by atoms with Gasteiger partial charge in [0.15, 0.2) is 0 Å². The van der Waals surface area contributed by atoms with Gasteiger partial charge in [-0.15, -0.1) is 0 Å². The van der Waals surface area contributed by atoms with Crippen molar-refractivity contribution < 1.29 is 13.7 Å². The van der Waals surface area contributed by atoms with Crippen molar-refractivity contribution in [2.45, 2.75) is 53.4 Å². The molecule has 4 aromatic rings. The van der Waals surface area contributed by atoms with E-state index < -0.39 is 7.40 Å². The number of benzene rings is 3. The lowest BCUT2D eigenvalue weighted by Gasteiger charge is -2.21. The average Bonchev–Trinajstić information content (AvgIpc) is 3.45. The van der Waals surface area contributed by atoms with Crippen LogP contribution in [0.4, 0.5) is 8.63 Å². The highest BCUT2D eigenvalue weighted by Crippen LogP contribution is 2.47.